The van der Waals surface area contributed by atoms with Gasteiger partial charge in [-0.2, -0.15) is 15.8 Å². The Labute approximate surface area is 266 Å². The quantitative estimate of drug-likeness (QED) is 0.216. The smallest absolute Gasteiger partial charge is 0.239 e. The highest BCUT2D eigenvalue weighted by Gasteiger charge is 2.40. The van der Waals surface area contributed by atoms with Crippen LogP contribution in [0, 0.1) is 95.3 Å². The van der Waals surface area contributed by atoms with Gasteiger partial charge in [0.25, 0.3) is 11.4 Å². The van der Waals surface area contributed by atoms with Crippen molar-refractivity contribution in [3.8, 4) is 30.3 Å². The molecule has 208 valence electrons. The molecule has 47 heavy (non-hydrogen) atoms. The third kappa shape index (κ3) is 4.40. The summed E-state index contributed by atoms with van der Waals surface area (Å²) >= 11 is 0. The van der Waals surface area contributed by atoms with Crippen molar-refractivity contribution in [2.75, 3.05) is 0 Å². The zero-order valence-electron chi connectivity index (χ0n) is 23.4. The first kappa shape index (κ1) is 29.9. The van der Waals surface area contributed by atoms with Gasteiger partial charge in [-0.05, 0) is 46.0 Å². The highest BCUT2D eigenvalue weighted by molar-refractivity contribution is 6.29. The molecule has 3 aromatic carbocycles. The van der Waals surface area contributed by atoms with Crippen molar-refractivity contribution in [3.05, 3.63) is 161 Å². The van der Waals surface area contributed by atoms with Crippen LogP contribution < -0.4 is 0 Å². The van der Waals surface area contributed by atoms with E-state index in [1.807, 2.05) is 18.2 Å². The minimum atomic E-state index is -1.14. The molecule has 0 fully saturated rings. The van der Waals surface area contributed by atoms with Crippen LogP contribution in [0.5, 0.6) is 0 Å². The van der Waals surface area contributed by atoms with Gasteiger partial charge in [-0.1, -0.05) is 29.8 Å². The number of allylic oxidation sites excluding steroid dienone is 7. The lowest BCUT2D eigenvalue weighted by molar-refractivity contribution is 0.620. The van der Waals surface area contributed by atoms with Gasteiger partial charge in [-0.3, -0.25) is 0 Å². The fraction of sp³-hybridized carbons (Fsp3) is 0. The number of rotatable bonds is 2. The molecule has 5 rings (SSSR count). The molecule has 0 aliphatic heterocycles. The molecule has 0 radical (unpaired) electrons. The molecule has 0 saturated carbocycles. The zero-order valence-corrected chi connectivity index (χ0v) is 23.4. The molecule has 0 heterocycles. The van der Waals surface area contributed by atoms with E-state index in [0.717, 1.165) is 0 Å². The van der Waals surface area contributed by atoms with Gasteiger partial charge in [0, 0.05) is 22.3 Å². The van der Waals surface area contributed by atoms with Gasteiger partial charge in [0.1, 0.15) is 11.9 Å². The normalized spacial score (nSPS) is 14.2. The summed E-state index contributed by atoms with van der Waals surface area (Å²) in [7, 11) is 0. The number of hydrogen-bond acceptors (Lipinski definition) is 5. The van der Waals surface area contributed by atoms with Crippen molar-refractivity contribution >= 4 is 44.9 Å². The van der Waals surface area contributed by atoms with Crippen LogP contribution in [0.2, 0.25) is 0 Å². The van der Waals surface area contributed by atoms with E-state index in [1.54, 1.807) is 12.1 Å². The first-order chi connectivity index (χ1) is 22.8. The van der Waals surface area contributed by atoms with Gasteiger partial charge >= 0.3 is 0 Å². The van der Waals surface area contributed by atoms with Crippen LogP contribution in [-0.4, -0.2) is 0 Å². The summed E-state index contributed by atoms with van der Waals surface area (Å²) in [6.45, 7) is 38.4. The average Bonchev–Trinajstić information content (AvgIpc) is 3.62. The highest BCUT2D eigenvalue weighted by atomic mass is 19.1. The summed E-state index contributed by atoms with van der Waals surface area (Å²) in [6.07, 6.45) is 0. The van der Waals surface area contributed by atoms with Crippen LogP contribution in [0.3, 0.4) is 0 Å². The molecule has 0 atom stereocenters. The van der Waals surface area contributed by atoms with Crippen LogP contribution >= 0.6 is 0 Å². The van der Waals surface area contributed by atoms with E-state index in [4.69, 9.17) is 32.9 Å². The highest BCUT2D eigenvalue weighted by Crippen LogP contribution is 2.56. The third-order valence-electron chi connectivity index (χ3n) is 7.34. The molecule has 2 aliphatic rings. The zero-order chi connectivity index (χ0) is 34.0. The number of halogens is 1. The Morgan fingerprint density at radius 2 is 1.09 bits per heavy atom. The van der Waals surface area contributed by atoms with E-state index in [0.29, 0.717) is 0 Å². The molecule has 0 bridgehead atoms. The molecular formula is C36H7FN10. The van der Waals surface area contributed by atoms with Crippen molar-refractivity contribution in [2.24, 2.45) is 0 Å². The number of fused-ring (bicyclic) bond motifs is 2. The van der Waals surface area contributed by atoms with Crippen molar-refractivity contribution in [3.63, 3.8) is 0 Å². The second-order valence-electron chi connectivity index (χ2n) is 9.61. The largest absolute Gasteiger partial charge is 0.270 e. The lowest BCUT2D eigenvalue weighted by Crippen LogP contribution is -2.01. The van der Waals surface area contributed by atoms with E-state index < -0.39 is 17.2 Å². The number of nitrogens with zero attached hydrogens (tertiary/aromatic N) is 10. The van der Waals surface area contributed by atoms with Gasteiger partial charge in [0.15, 0.2) is 11.4 Å². The maximum Gasteiger partial charge on any atom is 0.270 e. The van der Waals surface area contributed by atoms with E-state index in [-0.39, 0.29) is 89.4 Å². The molecular weight excluding hydrogens is 591 g/mol. The molecule has 3 aromatic rings. The molecule has 0 saturated heterocycles. The summed E-state index contributed by atoms with van der Waals surface area (Å²) in [5, 5.41) is 49.5. The number of nitriles is 5. The first-order valence-corrected chi connectivity index (χ1v) is 12.8. The molecule has 0 unspecified atom stereocenters. The van der Waals surface area contributed by atoms with E-state index >= 15 is 4.39 Å². The predicted molar refractivity (Wildman–Crippen MR) is 165 cm³/mol. The molecule has 2 aliphatic carbocycles. The third-order valence-corrected chi connectivity index (χ3v) is 7.34. The van der Waals surface area contributed by atoms with Gasteiger partial charge in [-0.25, -0.2) is 39.1 Å². The van der Waals surface area contributed by atoms with Gasteiger partial charge in [0.2, 0.25) is 5.70 Å². The van der Waals surface area contributed by atoms with Crippen LogP contribution in [0.15, 0.2) is 53.9 Å². The van der Waals surface area contributed by atoms with Gasteiger partial charge < -0.3 is 0 Å². The summed E-state index contributed by atoms with van der Waals surface area (Å²) < 4.78 is 17.3. The number of hydrogen-bond donors (Lipinski definition) is 0. The van der Waals surface area contributed by atoms with Crippen LogP contribution in [0.4, 0.5) is 15.8 Å². The first-order valence-electron chi connectivity index (χ1n) is 12.8. The van der Waals surface area contributed by atoms with Crippen molar-refractivity contribution in [1.82, 2.24) is 0 Å². The Balaban J connectivity index is 2.02. The summed E-state index contributed by atoms with van der Waals surface area (Å²) in [4.78, 5) is 16.9. The fourth-order valence-electron chi connectivity index (χ4n) is 5.60. The molecule has 0 amide bonds. The molecule has 10 nitrogen and oxygen atoms in total. The van der Waals surface area contributed by atoms with Crippen molar-refractivity contribution < 1.29 is 4.39 Å². The van der Waals surface area contributed by atoms with Gasteiger partial charge in [-0.15, -0.1) is 0 Å². The summed E-state index contributed by atoms with van der Waals surface area (Å²) in [5.74, 6) is -1.14. The average molecular weight is 599 g/mol. The number of benzene rings is 3. The Morgan fingerprint density at radius 1 is 0.574 bits per heavy atom. The minimum Gasteiger partial charge on any atom is -0.239 e. The second kappa shape index (κ2) is 11.6. The predicted octanol–water partition coefficient (Wildman–Crippen LogP) is 8.23. The topological polar surface area (TPSA) is 141 Å². The van der Waals surface area contributed by atoms with Gasteiger partial charge in [0.05, 0.1) is 73.8 Å². The fourth-order valence-corrected chi connectivity index (χ4v) is 5.60. The van der Waals surface area contributed by atoms with E-state index in [1.165, 1.54) is 42.5 Å². The standard InChI is InChI=1S/C36H7FN10/c1-43-22-9-21(10-23(11-22)44-2)30-34(28(17-42)46-4)32-25(36(30)47-5)12-24-26(15-40)29(20-7-18(13-38)6-19(8-20)14-39)33(27(16-41)45-3)31(24)35(32)37/h6-12H/b33-27-,34-28+. The lowest BCUT2D eigenvalue weighted by atomic mass is 9.89. The minimum absolute atomic E-state index is 0.0153. The van der Waals surface area contributed by atoms with E-state index in [9.17, 15) is 26.3 Å². The maximum atomic E-state index is 17.3. The van der Waals surface area contributed by atoms with Crippen LogP contribution in [0.1, 0.15) is 44.5 Å². The molecule has 0 spiro atoms. The Hall–Kier alpha value is -8.55. The summed E-state index contributed by atoms with van der Waals surface area (Å²) in [5.41, 5.74) is -3.18. The SMILES string of the molecule is [C-]#[N+]C1=C(c2cc([N+]#[C-])cc([N+]#[C-])c2)/C(=C(/C#N)[N+]#[C-])c2c1cc1c(c2F)/C(=C(/C#N)[N+]#[C-])C(c2cc(C#N)cc(C#N)c2)=C1C#N. The lowest BCUT2D eigenvalue weighted by Gasteiger charge is -2.15. The Morgan fingerprint density at radius 3 is 1.53 bits per heavy atom. The van der Waals surface area contributed by atoms with Crippen LogP contribution in [-0.2, 0) is 0 Å². The van der Waals surface area contributed by atoms with Crippen molar-refractivity contribution in [2.45, 2.75) is 0 Å². The molecule has 0 aromatic heterocycles. The van der Waals surface area contributed by atoms with Crippen molar-refractivity contribution in [1.29, 1.82) is 26.3 Å². The monoisotopic (exact) mass is 598 g/mol. The second-order valence-corrected chi connectivity index (χ2v) is 9.61. The Bertz CT molecular complexity index is 2350. The van der Waals surface area contributed by atoms with E-state index in [2.05, 4.69) is 24.2 Å². The Kier molecular flexibility index (Phi) is 7.40. The molecule has 11 heteroatoms. The summed E-state index contributed by atoms with van der Waals surface area (Å²) in [6, 6.07) is 18.5. The molecule has 0 N–H and O–H groups in total. The van der Waals surface area contributed by atoms with Crippen LogP contribution in [0.25, 0.3) is 57.8 Å². The maximum absolute atomic E-state index is 17.3.